The highest BCUT2D eigenvalue weighted by molar-refractivity contribution is 5.78. The quantitative estimate of drug-likeness (QED) is 0.779. The minimum Gasteiger partial charge on any atom is -0.355 e. The lowest BCUT2D eigenvalue weighted by molar-refractivity contribution is -0.122. The summed E-state index contributed by atoms with van der Waals surface area (Å²) in [6.07, 6.45) is 7.78. The van der Waals surface area contributed by atoms with Crippen LogP contribution < -0.4 is 10.6 Å². The molecule has 2 N–H and O–H groups in total. The SMILES string of the molecule is O=C(CN1CCCC1C1CCCNC1)NCC1CC1. The molecule has 0 radical (unpaired) electrons. The van der Waals surface area contributed by atoms with E-state index >= 15 is 0 Å². The van der Waals surface area contributed by atoms with Gasteiger partial charge in [-0.05, 0) is 70.0 Å². The third kappa shape index (κ3) is 3.69. The van der Waals surface area contributed by atoms with Gasteiger partial charge in [0.1, 0.15) is 0 Å². The zero-order chi connectivity index (χ0) is 13.1. The van der Waals surface area contributed by atoms with Crippen LogP contribution in [0, 0.1) is 11.8 Å². The molecule has 1 aliphatic carbocycles. The standard InChI is InChI=1S/C15H27N3O/c19-15(17-9-12-5-6-12)11-18-8-2-4-14(18)13-3-1-7-16-10-13/h12-14,16H,1-11H2,(H,17,19). The number of likely N-dealkylation sites (tertiary alicyclic amines) is 1. The van der Waals surface area contributed by atoms with Gasteiger partial charge < -0.3 is 10.6 Å². The summed E-state index contributed by atoms with van der Waals surface area (Å²) >= 11 is 0. The van der Waals surface area contributed by atoms with E-state index in [1.165, 1.54) is 45.1 Å². The fourth-order valence-electron chi connectivity index (χ4n) is 3.61. The third-order valence-corrected chi connectivity index (χ3v) is 4.92. The summed E-state index contributed by atoms with van der Waals surface area (Å²) in [5.41, 5.74) is 0. The van der Waals surface area contributed by atoms with E-state index in [-0.39, 0.29) is 5.91 Å². The van der Waals surface area contributed by atoms with Gasteiger partial charge in [-0.25, -0.2) is 0 Å². The van der Waals surface area contributed by atoms with E-state index in [4.69, 9.17) is 0 Å². The van der Waals surface area contributed by atoms with Gasteiger partial charge in [-0.1, -0.05) is 0 Å². The molecular weight excluding hydrogens is 238 g/mol. The lowest BCUT2D eigenvalue weighted by atomic mass is 9.90. The number of carbonyl (C=O) groups is 1. The number of carbonyl (C=O) groups excluding carboxylic acids is 1. The van der Waals surface area contributed by atoms with Gasteiger partial charge >= 0.3 is 0 Å². The summed E-state index contributed by atoms with van der Waals surface area (Å²) in [6, 6.07) is 0.638. The molecule has 2 unspecified atom stereocenters. The van der Waals surface area contributed by atoms with Crippen molar-refractivity contribution in [2.24, 2.45) is 11.8 Å². The highest BCUT2D eigenvalue weighted by Crippen LogP contribution is 2.29. The van der Waals surface area contributed by atoms with Crippen LogP contribution in [-0.4, -0.2) is 49.6 Å². The van der Waals surface area contributed by atoms with Crippen LogP contribution in [0.1, 0.15) is 38.5 Å². The summed E-state index contributed by atoms with van der Waals surface area (Å²) < 4.78 is 0. The zero-order valence-corrected chi connectivity index (χ0v) is 11.9. The molecule has 2 saturated heterocycles. The van der Waals surface area contributed by atoms with Crippen LogP contribution >= 0.6 is 0 Å². The molecule has 3 fully saturated rings. The van der Waals surface area contributed by atoms with Gasteiger partial charge in [-0.15, -0.1) is 0 Å². The van der Waals surface area contributed by atoms with E-state index < -0.39 is 0 Å². The number of nitrogens with one attached hydrogen (secondary N) is 2. The van der Waals surface area contributed by atoms with Crippen molar-refractivity contribution >= 4 is 5.91 Å². The Morgan fingerprint density at radius 2 is 2.11 bits per heavy atom. The number of hydrogen-bond donors (Lipinski definition) is 2. The summed E-state index contributed by atoms with van der Waals surface area (Å²) in [5.74, 6) is 1.77. The molecule has 1 amide bonds. The van der Waals surface area contributed by atoms with Gasteiger partial charge in [-0.3, -0.25) is 9.69 Å². The monoisotopic (exact) mass is 265 g/mol. The Kier molecular flexibility index (Phi) is 4.38. The van der Waals surface area contributed by atoms with Crippen LogP contribution in [0.2, 0.25) is 0 Å². The predicted molar refractivity (Wildman–Crippen MR) is 75.9 cm³/mol. The molecule has 2 aliphatic heterocycles. The zero-order valence-electron chi connectivity index (χ0n) is 11.9. The minimum atomic E-state index is 0.238. The van der Waals surface area contributed by atoms with Gasteiger partial charge in [0.15, 0.2) is 0 Å². The second-order valence-electron chi connectivity index (χ2n) is 6.53. The fourth-order valence-corrected chi connectivity index (χ4v) is 3.61. The van der Waals surface area contributed by atoms with Crippen molar-refractivity contribution in [3.8, 4) is 0 Å². The smallest absolute Gasteiger partial charge is 0.234 e. The largest absolute Gasteiger partial charge is 0.355 e. The number of nitrogens with zero attached hydrogens (tertiary/aromatic N) is 1. The Labute approximate surface area is 116 Å². The number of amides is 1. The molecule has 0 bridgehead atoms. The first-order valence-corrected chi connectivity index (χ1v) is 8.04. The van der Waals surface area contributed by atoms with Gasteiger partial charge in [-0.2, -0.15) is 0 Å². The maximum absolute atomic E-state index is 12.0. The molecule has 0 spiro atoms. The van der Waals surface area contributed by atoms with Crippen molar-refractivity contribution in [3.63, 3.8) is 0 Å². The lowest BCUT2D eigenvalue weighted by Crippen LogP contribution is -2.46. The van der Waals surface area contributed by atoms with E-state index in [1.807, 2.05) is 0 Å². The number of hydrogen-bond acceptors (Lipinski definition) is 3. The maximum atomic E-state index is 12.0. The van der Waals surface area contributed by atoms with Crippen molar-refractivity contribution in [2.45, 2.75) is 44.6 Å². The van der Waals surface area contributed by atoms with E-state index in [9.17, 15) is 4.79 Å². The maximum Gasteiger partial charge on any atom is 0.234 e. The van der Waals surface area contributed by atoms with Gasteiger partial charge in [0.25, 0.3) is 0 Å². The molecule has 4 nitrogen and oxygen atoms in total. The van der Waals surface area contributed by atoms with Gasteiger partial charge in [0.2, 0.25) is 5.91 Å². The van der Waals surface area contributed by atoms with Crippen LogP contribution in [0.3, 0.4) is 0 Å². The average Bonchev–Trinajstić information content (AvgIpc) is 3.16. The van der Waals surface area contributed by atoms with E-state index in [2.05, 4.69) is 15.5 Å². The summed E-state index contributed by atoms with van der Waals surface area (Å²) in [5, 5.41) is 6.61. The molecule has 0 aromatic heterocycles. The second kappa shape index (κ2) is 6.23. The topological polar surface area (TPSA) is 44.4 Å². The molecular formula is C15H27N3O. The van der Waals surface area contributed by atoms with Crippen molar-refractivity contribution in [3.05, 3.63) is 0 Å². The van der Waals surface area contributed by atoms with Crippen molar-refractivity contribution in [1.82, 2.24) is 15.5 Å². The summed E-state index contributed by atoms with van der Waals surface area (Å²) in [6.45, 7) is 4.95. The number of piperidine rings is 1. The minimum absolute atomic E-state index is 0.238. The molecule has 2 atom stereocenters. The highest BCUT2D eigenvalue weighted by atomic mass is 16.2. The van der Waals surface area contributed by atoms with Crippen molar-refractivity contribution in [1.29, 1.82) is 0 Å². The van der Waals surface area contributed by atoms with E-state index in [0.29, 0.717) is 12.6 Å². The molecule has 108 valence electrons. The number of rotatable bonds is 5. The Balaban J connectivity index is 1.46. The predicted octanol–water partition coefficient (Wildman–Crippen LogP) is 0.977. The molecule has 4 heteroatoms. The van der Waals surface area contributed by atoms with Crippen LogP contribution in [-0.2, 0) is 4.79 Å². The highest BCUT2D eigenvalue weighted by Gasteiger charge is 2.33. The molecule has 3 rings (SSSR count). The van der Waals surface area contributed by atoms with Gasteiger partial charge in [0.05, 0.1) is 6.54 Å². The van der Waals surface area contributed by atoms with Crippen LogP contribution in [0.25, 0.3) is 0 Å². The van der Waals surface area contributed by atoms with Crippen LogP contribution in [0.4, 0.5) is 0 Å². The molecule has 2 heterocycles. The first kappa shape index (κ1) is 13.4. The Morgan fingerprint density at radius 1 is 1.21 bits per heavy atom. The fraction of sp³-hybridized carbons (Fsp3) is 0.933. The molecule has 1 saturated carbocycles. The first-order valence-electron chi connectivity index (χ1n) is 8.04. The van der Waals surface area contributed by atoms with E-state index in [0.717, 1.165) is 31.5 Å². The van der Waals surface area contributed by atoms with Crippen molar-refractivity contribution in [2.75, 3.05) is 32.7 Å². The lowest BCUT2D eigenvalue weighted by Gasteiger charge is -2.34. The Morgan fingerprint density at radius 3 is 2.84 bits per heavy atom. The molecule has 3 aliphatic rings. The molecule has 19 heavy (non-hydrogen) atoms. The normalized spacial score (nSPS) is 32.4. The summed E-state index contributed by atoms with van der Waals surface area (Å²) in [4.78, 5) is 14.4. The molecule has 0 aromatic carbocycles. The first-order chi connectivity index (χ1) is 9.33. The average molecular weight is 265 g/mol. The third-order valence-electron chi connectivity index (χ3n) is 4.92. The summed E-state index contributed by atoms with van der Waals surface area (Å²) in [7, 11) is 0. The van der Waals surface area contributed by atoms with Gasteiger partial charge in [0, 0.05) is 12.6 Å². The van der Waals surface area contributed by atoms with Crippen LogP contribution in [0.15, 0.2) is 0 Å². The Hall–Kier alpha value is -0.610. The van der Waals surface area contributed by atoms with Crippen molar-refractivity contribution < 1.29 is 4.79 Å². The Bertz CT molecular complexity index is 311. The van der Waals surface area contributed by atoms with Crippen LogP contribution in [0.5, 0.6) is 0 Å². The second-order valence-corrected chi connectivity index (χ2v) is 6.53. The molecule has 0 aromatic rings. The van der Waals surface area contributed by atoms with E-state index in [1.54, 1.807) is 0 Å².